The lowest BCUT2D eigenvalue weighted by molar-refractivity contribution is -0.113. The lowest BCUT2D eigenvalue weighted by atomic mass is 10.1. The Morgan fingerprint density at radius 3 is 2.71 bits per heavy atom. The van der Waals surface area contributed by atoms with Crippen molar-refractivity contribution in [2.75, 3.05) is 17.7 Å². The van der Waals surface area contributed by atoms with Gasteiger partial charge in [-0.05, 0) is 29.5 Å². The van der Waals surface area contributed by atoms with Crippen molar-refractivity contribution in [2.24, 2.45) is 0 Å². The van der Waals surface area contributed by atoms with Crippen molar-refractivity contribution in [3.63, 3.8) is 0 Å². The Kier molecular flexibility index (Phi) is 6.99. The fraction of sp³-hybridized carbons (Fsp3) is 0.231. The molecule has 5 heterocycles. The van der Waals surface area contributed by atoms with Crippen molar-refractivity contribution in [1.29, 1.82) is 0 Å². The first-order valence-electron chi connectivity index (χ1n) is 12.7. The second kappa shape index (κ2) is 10.8. The predicted octanol–water partition coefficient (Wildman–Crippen LogP) is 2.95. The predicted molar refractivity (Wildman–Crippen MR) is 157 cm³/mol. The van der Waals surface area contributed by atoms with Gasteiger partial charge in [0.2, 0.25) is 11.7 Å². The molecule has 3 unspecified atom stereocenters. The molecule has 12 nitrogen and oxygen atoms in total. The van der Waals surface area contributed by atoms with E-state index in [1.54, 1.807) is 22.9 Å². The summed E-state index contributed by atoms with van der Waals surface area (Å²) in [5.41, 5.74) is 2.12. The number of hydrogen-bond acceptors (Lipinski definition) is 10. The lowest BCUT2D eigenvalue weighted by Gasteiger charge is -2.26. The summed E-state index contributed by atoms with van der Waals surface area (Å²) in [5.74, 6) is 0.0200. The zero-order chi connectivity index (χ0) is 28.1. The second-order valence-corrected chi connectivity index (χ2v) is 12.4. The number of nitrogens with one attached hydrogen (secondary N) is 2. The number of hydrogen-bond donors (Lipinski definition) is 3. The Labute approximate surface area is 242 Å². The van der Waals surface area contributed by atoms with Crippen LogP contribution in [-0.4, -0.2) is 65.6 Å². The standard InChI is InChI=1S/C26H23N6O6PS2/c33-18(27-15-9-5-2-6-10-15)13-41-26-29-19-22(32(26)24-20(34)21-17(37-24)12-36-39(40)38-21)30-25-28-16(11-31(25)23(19)35)14-7-3-1-4-8-14/h1-11,17,20-21,24,34,39H,12-13H2,(H,27,33)(H,28,30)/t17?,20?,21-,24-/m1/s1. The number of benzene rings is 2. The molecule has 41 heavy (non-hydrogen) atoms. The average molecular weight is 611 g/mol. The van der Waals surface area contributed by atoms with Gasteiger partial charge in [0.05, 0.1) is 18.1 Å². The van der Waals surface area contributed by atoms with Crippen molar-refractivity contribution in [2.45, 2.75) is 29.7 Å². The number of aliphatic hydroxyl groups is 1. The van der Waals surface area contributed by atoms with Crippen LogP contribution in [0, 0.1) is 0 Å². The van der Waals surface area contributed by atoms with Gasteiger partial charge in [0, 0.05) is 11.9 Å². The molecule has 0 bridgehead atoms. The van der Waals surface area contributed by atoms with Crippen molar-refractivity contribution >= 4 is 59.3 Å². The zero-order valence-corrected chi connectivity index (χ0v) is 23.8. The van der Waals surface area contributed by atoms with E-state index in [0.717, 1.165) is 17.3 Å². The first kappa shape index (κ1) is 26.5. The number of para-hydroxylation sites is 1. The molecule has 0 radical (unpaired) electrons. The molecule has 2 saturated heterocycles. The maximum Gasteiger partial charge on any atom is 0.287 e. The lowest BCUT2D eigenvalue weighted by Crippen LogP contribution is -2.37. The van der Waals surface area contributed by atoms with Gasteiger partial charge in [-0.3, -0.25) is 14.2 Å². The summed E-state index contributed by atoms with van der Waals surface area (Å²) >= 11 is 6.31. The van der Waals surface area contributed by atoms with Crippen LogP contribution in [0.3, 0.4) is 0 Å². The molecule has 5 aromatic rings. The third-order valence-electron chi connectivity index (χ3n) is 6.86. The van der Waals surface area contributed by atoms with E-state index >= 15 is 0 Å². The molecular formula is C26H23N6O6PS2. The van der Waals surface area contributed by atoms with E-state index in [4.69, 9.17) is 30.6 Å². The molecule has 0 spiro atoms. The normalized spacial score (nSPS) is 24.1. The highest BCUT2D eigenvalue weighted by molar-refractivity contribution is 8.00. The number of carbonyl (C=O) groups is 1. The minimum Gasteiger partial charge on any atom is -0.386 e. The minimum absolute atomic E-state index is 0.00976. The number of anilines is 1. The van der Waals surface area contributed by atoms with E-state index in [1.807, 2.05) is 48.5 Å². The Morgan fingerprint density at radius 2 is 1.93 bits per heavy atom. The smallest absolute Gasteiger partial charge is 0.287 e. The van der Waals surface area contributed by atoms with Crippen LogP contribution < -0.4 is 10.9 Å². The summed E-state index contributed by atoms with van der Waals surface area (Å²) in [6, 6.07) is 18.6. The Balaban J connectivity index is 1.30. The largest absolute Gasteiger partial charge is 0.386 e. The summed E-state index contributed by atoms with van der Waals surface area (Å²) in [7, 11) is -1.94. The van der Waals surface area contributed by atoms with E-state index in [2.05, 4.69) is 15.3 Å². The monoisotopic (exact) mass is 610 g/mol. The topological polar surface area (TPSA) is 145 Å². The van der Waals surface area contributed by atoms with Crippen LogP contribution in [0.1, 0.15) is 6.23 Å². The van der Waals surface area contributed by atoms with Crippen molar-refractivity contribution < 1.29 is 23.7 Å². The SMILES string of the molecule is O=C(CSc1nc2c(=O)n3cc(-c4ccccc4)[nH]c3nc2n1[C@@H]1OC2CO[PH](=S)O[C@H]2C1O)Nc1ccccc1. The maximum atomic E-state index is 13.6. The van der Waals surface area contributed by atoms with Gasteiger partial charge in [0.1, 0.15) is 18.3 Å². The van der Waals surface area contributed by atoms with Crippen LogP contribution in [-0.2, 0) is 30.4 Å². The number of amides is 1. The van der Waals surface area contributed by atoms with Gasteiger partial charge in [0.15, 0.2) is 29.7 Å². The molecular weight excluding hydrogens is 587 g/mol. The molecule has 2 aliphatic rings. The summed E-state index contributed by atoms with van der Waals surface area (Å²) in [4.78, 5) is 38.9. The van der Waals surface area contributed by atoms with Crippen molar-refractivity contribution in [1.82, 2.24) is 23.9 Å². The van der Waals surface area contributed by atoms with Gasteiger partial charge in [-0.1, -0.05) is 60.3 Å². The molecule has 210 valence electrons. The summed E-state index contributed by atoms with van der Waals surface area (Å²) < 4.78 is 20.3. The third kappa shape index (κ3) is 4.91. The Hall–Kier alpha value is -3.36. The molecule has 15 heteroatoms. The maximum absolute atomic E-state index is 13.6. The second-order valence-electron chi connectivity index (χ2n) is 9.48. The molecule has 0 aliphatic carbocycles. The molecule has 2 aromatic carbocycles. The van der Waals surface area contributed by atoms with Gasteiger partial charge in [0.25, 0.3) is 5.56 Å². The first-order chi connectivity index (χ1) is 20.0. The minimum atomic E-state index is -1.94. The van der Waals surface area contributed by atoms with Crippen LogP contribution in [0.15, 0.2) is 76.8 Å². The molecule has 5 atom stereocenters. The van der Waals surface area contributed by atoms with E-state index in [9.17, 15) is 14.7 Å². The number of nitrogens with zero attached hydrogens (tertiary/aromatic N) is 4. The highest BCUT2D eigenvalue weighted by atomic mass is 32.4. The van der Waals surface area contributed by atoms with Crippen LogP contribution in [0.5, 0.6) is 0 Å². The quantitative estimate of drug-likeness (QED) is 0.194. The van der Waals surface area contributed by atoms with Crippen molar-refractivity contribution in [3.8, 4) is 11.3 Å². The molecule has 3 N–H and O–H groups in total. The highest BCUT2D eigenvalue weighted by Crippen LogP contribution is 2.44. The van der Waals surface area contributed by atoms with Gasteiger partial charge in [-0.2, -0.15) is 4.98 Å². The number of imidazole rings is 2. The summed E-state index contributed by atoms with van der Waals surface area (Å²) in [5, 5.41) is 14.4. The van der Waals surface area contributed by atoms with Crippen molar-refractivity contribution in [3.05, 3.63) is 77.2 Å². The third-order valence-corrected chi connectivity index (χ3v) is 9.32. The number of carbonyl (C=O) groups excluding carboxylic acids is 1. The molecule has 2 aliphatic heterocycles. The molecule has 2 fully saturated rings. The van der Waals surface area contributed by atoms with Crippen LogP contribution in [0.2, 0.25) is 0 Å². The fourth-order valence-electron chi connectivity index (χ4n) is 4.96. The van der Waals surface area contributed by atoms with E-state index in [0.29, 0.717) is 17.2 Å². The van der Waals surface area contributed by atoms with Gasteiger partial charge in [-0.15, -0.1) is 0 Å². The highest BCUT2D eigenvalue weighted by Gasteiger charge is 2.49. The van der Waals surface area contributed by atoms with Crippen LogP contribution >= 0.6 is 18.9 Å². The summed E-state index contributed by atoms with van der Waals surface area (Å²) in [6.07, 6.45) is -1.73. The van der Waals surface area contributed by atoms with Gasteiger partial charge >= 0.3 is 0 Å². The summed E-state index contributed by atoms with van der Waals surface area (Å²) in [6.45, 7) is 0.183. The van der Waals surface area contributed by atoms with Crippen LogP contribution in [0.25, 0.3) is 28.2 Å². The number of rotatable bonds is 6. The number of aromatic amines is 1. The Morgan fingerprint density at radius 1 is 1.17 bits per heavy atom. The van der Waals surface area contributed by atoms with E-state index in [1.165, 1.54) is 4.40 Å². The zero-order valence-electron chi connectivity index (χ0n) is 21.2. The van der Waals surface area contributed by atoms with Gasteiger partial charge in [-0.25, -0.2) is 9.38 Å². The number of ether oxygens (including phenoxy) is 1. The molecule has 1 amide bonds. The fourth-order valence-corrected chi connectivity index (χ4v) is 7.20. The number of H-pyrrole nitrogens is 1. The number of aliphatic hydroxyl groups excluding tert-OH is 1. The van der Waals surface area contributed by atoms with Crippen LogP contribution in [0.4, 0.5) is 5.69 Å². The average Bonchev–Trinajstić information content (AvgIpc) is 3.67. The van der Waals surface area contributed by atoms with Gasteiger partial charge < -0.3 is 29.2 Å². The molecule has 0 saturated carbocycles. The molecule has 3 aromatic heterocycles. The number of fused-ring (bicyclic) bond motifs is 3. The van der Waals surface area contributed by atoms with E-state index < -0.39 is 37.2 Å². The number of aromatic nitrogens is 5. The van der Waals surface area contributed by atoms with E-state index in [-0.39, 0.29) is 34.6 Å². The Bertz CT molecular complexity index is 1850. The first-order valence-corrected chi connectivity index (χ1v) is 16.1. The molecule has 7 rings (SSSR count). The number of thioether (sulfide) groups is 1.